The SMILES string of the molecule is C=CCOC(=O)C1=C(C)N=c2s/c(=C\c3cccc(OC)c3OC)c(=O)n2C1c1ccccc1. The molecule has 2 heterocycles. The third-order valence-corrected chi connectivity index (χ3v) is 6.39. The number of nitrogens with zero attached hydrogens (tertiary/aromatic N) is 2. The Kier molecular flexibility index (Phi) is 6.79. The van der Waals surface area contributed by atoms with E-state index in [0.29, 0.717) is 37.7 Å². The van der Waals surface area contributed by atoms with Crippen molar-refractivity contribution >= 4 is 23.4 Å². The van der Waals surface area contributed by atoms with E-state index in [2.05, 4.69) is 11.6 Å². The molecule has 34 heavy (non-hydrogen) atoms. The van der Waals surface area contributed by atoms with Crippen molar-refractivity contribution < 1.29 is 19.0 Å². The molecule has 0 saturated heterocycles. The third-order valence-electron chi connectivity index (χ3n) is 5.41. The number of para-hydroxylation sites is 1. The highest BCUT2D eigenvalue weighted by molar-refractivity contribution is 7.07. The fourth-order valence-electron chi connectivity index (χ4n) is 3.91. The highest BCUT2D eigenvalue weighted by Crippen LogP contribution is 2.32. The molecule has 0 saturated carbocycles. The molecule has 2 aromatic carbocycles. The molecule has 0 N–H and O–H groups in total. The molecule has 0 aliphatic carbocycles. The van der Waals surface area contributed by atoms with Crippen molar-refractivity contribution in [2.75, 3.05) is 20.8 Å². The molecule has 174 valence electrons. The van der Waals surface area contributed by atoms with Crippen LogP contribution in [0.1, 0.15) is 24.1 Å². The van der Waals surface area contributed by atoms with Crippen LogP contribution in [0.15, 0.2) is 82.2 Å². The van der Waals surface area contributed by atoms with E-state index in [1.807, 2.05) is 42.5 Å². The number of esters is 1. The molecule has 0 bridgehead atoms. The lowest BCUT2D eigenvalue weighted by atomic mass is 9.96. The number of hydrogen-bond donors (Lipinski definition) is 0. The standard InChI is InChI=1S/C26H24N2O5S/c1-5-14-33-25(30)21-16(2)27-26-28(22(21)17-10-7-6-8-11-17)24(29)20(34-26)15-18-12-9-13-19(31-3)23(18)32-4/h5-13,15,22H,1,14H2,2-4H3/b20-15-. The second-order valence-corrected chi connectivity index (χ2v) is 8.47. The molecule has 0 fully saturated rings. The highest BCUT2D eigenvalue weighted by atomic mass is 32.1. The van der Waals surface area contributed by atoms with Crippen LogP contribution < -0.4 is 24.4 Å². The number of ether oxygens (including phenoxy) is 3. The van der Waals surface area contributed by atoms with Crippen LogP contribution in [0.25, 0.3) is 6.08 Å². The third kappa shape index (κ3) is 4.20. The topological polar surface area (TPSA) is 79.1 Å². The molecule has 3 aromatic rings. The molecule has 0 amide bonds. The molecule has 1 aliphatic rings. The first-order valence-corrected chi connectivity index (χ1v) is 11.4. The van der Waals surface area contributed by atoms with Gasteiger partial charge in [-0.05, 0) is 24.6 Å². The van der Waals surface area contributed by atoms with Crippen LogP contribution in [0, 0.1) is 0 Å². The van der Waals surface area contributed by atoms with E-state index in [9.17, 15) is 9.59 Å². The van der Waals surface area contributed by atoms with E-state index in [1.165, 1.54) is 17.4 Å². The molecular weight excluding hydrogens is 452 g/mol. The van der Waals surface area contributed by atoms with E-state index in [-0.39, 0.29) is 12.2 Å². The summed E-state index contributed by atoms with van der Waals surface area (Å²) in [5.41, 5.74) is 2.06. The van der Waals surface area contributed by atoms with Crippen LogP contribution in [0.2, 0.25) is 0 Å². The Morgan fingerprint density at radius 2 is 1.91 bits per heavy atom. The van der Waals surface area contributed by atoms with Crippen LogP contribution in [0.3, 0.4) is 0 Å². The number of carbonyl (C=O) groups excluding carboxylic acids is 1. The van der Waals surface area contributed by atoms with Crippen LogP contribution in [0.5, 0.6) is 11.5 Å². The van der Waals surface area contributed by atoms with Gasteiger partial charge in [-0.25, -0.2) is 9.79 Å². The smallest absolute Gasteiger partial charge is 0.338 e. The molecule has 0 spiro atoms. The van der Waals surface area contributed by atoms with Gasteiger partial charge in [0.2, 0.25) is 0 Å². The molecule has 7 nitrogen and oxygen atoms in total. The Labute approximate surface area is 200 Å². The van der Waals surface area contributed by atoms with Gasteiger partial charge in [0.1, 0.15) is 6.61 Å². The lowest BCUT2D eigenvalue weighted by Gasteiger charge is -2.24. The summed E-state index contributed by atoms with van der Waals surface area (Å²) in [7, 11) is 3.11. The number of thiazole rings is 1. The van der Waals surface area contributed by atoms with Crippen molar-refractivity contribution in [3.8, 4) is 11.5 Å². The van der Waals surface area contributed by atoms with Crippen molar-refractivity contribution in [1.82, 2.24) is 4.57 Å². The van der Waals surface area contributed by atoms with Crippen LogP contribution in [0.4, 0.5) is 0 Å². The van der Waals surface area contributed by atoms with E-state index in [4.69, 9.17) is 14.2 Å². The maximum absolute atomic E-state index is 13.7. The summed E-state index contributed by atoms with van der Waals surface area (Å²) in [6.45, 7) is 5.42. The Balaban J connectivity index is 1.94. The van der Waals surface area contributed by atoms with Gasteiger partial charge in [-0.1, -0.05) is 66.5 Å². The molecule has 1 aliphatic heterocycles. The minimum absolute atomic E-state index is 0.0666. The molecular formula is C26H24N2O5S. The average Bonchev–Trinajstić information content (AvgIpc) is 3.16. The monoisotopic (exact) mass is 476 g/mol. The van der Waals surface area contributed by atoms with Crippen molar-refractivity contribution in [2.24, 2.45) is 4.99 Å². The number of hydrogen-bond acceptors (Lipinski definition) is 7. The fraction of sp³-hybridized carbons (Fsp3) is 0.192. The summed E-state index contributed by atoms with van der Waals surface area (Å²) < 4.78 is 18.2. The Morgan fingerprint density at radius 1 is 1.15 bits per heavy atom. The second kappa shape index (κ2) is 9.93. The van der Waals surface area contributed by atoms with E-state index < -0.39 is 12.0 Å². The molecule has 1 atom stereocenters. The predicted molar refractivity (Wildman–Crippen MR) is 131 cm³/mol. The normalized spacial score (nSPS) is 15.4. The minimum Gasteiger partial charge on any atom is -0.493 e. The summed E-state index contributed by atoms with van der Waals surface area (Å²) in [4.78, 5) is 31.7. The van der Waals surface area contributed by atoms with Crippen molar-refractivity contribution in [2.45, 2.75) is 13.0 Å². The zero-order chi connectivity index (χ0) is 24.2. The fourth-order valence-corrected chi connectivity index (χ4v) is 4.95. The quantitative estimate of drug-likeness (QED) is 0.387. The van der Waals surface area contributed by atoms with Gasteiger partial charge in [0.15, 0.2) is 16.3 Å². The first kappa shape index (κ1) is 23.3. The van der Waals surface area contributed by atoms with Gasteiger partial charge in [-0.15, -0.1) is 0 Å². The summed E-state index contributed by atoms with van der Waals surface area (Å²) in [5, 5.41) is 0. The number of allylic oxidation sites excluding steroid dienone is 1. The van der Waals surface area contributed by atoms with Crippen LogP contribution in [-0.2, 0) is 9.53 Å². The zero-order valence-electron chi connectivity index (χ0n) is 19.1. The Hall–Kier alpha value is -3.91. The second-order valence-electron chi connectivity index (χ2n) is 7.46. The van der Waals surface area contributed by atoms with Crippen molar-refractivity contribution in [1.29, 1.82) is 0 Å². The van der Waals surface area contributed by atoms with Crippen LogP contribution in [-0.4, -0.2) is 31.4 Å². The highest BCUT2D eigenvalue weighted by Gasteiger charge is 2.33. The number of carbonyl (C=O) groups is 1. The maximum atomic E-state index is 13.7. The molecule has 8 heteroatoms. The molecule has 0 radical (unpaired) electrons. The average molecular weight is 477 g/mol. The van der Waals surface area contributed by atoms with Gasteiger partial charge in [0, 0.05) is 5.56 Å². The van der Waals surface area contributed by atoms with Crippen molar-refractivity contribution in [3.63, 3.8) is 0 Å². The first-order chi connectivity index (χ1) is 16.5. The number of fused-ring (bicyclic) bond motifs is 1. The summed E-state index contributed by atoms with van der Waals surface area (Å²) in [6, 6.07) is 14.2. The van der Waals surface area contributed by atoms with Gasteiger partial charge in [0.25, 0.3) is 5.56 Å². The minimum atomic E-state index is -0.663. The van der Waals surface area contributed by atoms with E-state index in [1.54, 1.807) is 37.9 Å². The number of benzene rings is 2. The van der Waals surface area contributed by atoms with Gasteiger partial charge in [-0.2, -0.15) is 0 Å². The van der Waals surface area contributed by atoms with Crippen molar-refractivity contribution in [3.05, 3.63) is 103 Å². The lowest BCUT2D eigenvalue weighted by Crippen LogP contribution is -2.39. The van der Waals surface area contributed by atoms with E-state index in [0.717, 1.165) is 5.56 Å². The Bertz CT molecular complexity index is 1450. The first-order valence-electron chi connectivity index (χ1n) is 10.6. The Morgan fingerprint density at radius 3 is 2.59 bits per heavy atom. The number of methoxy groups -OCH3 is 2. The molecule has 1 unspecified atom stereocenters. The molecule has 4 rings (SSSR count). The van der Waals surface area contributed by atoms with Crippen LogP contribution >= 0.6 is 11.3 Å². The summed E-state index contributed by atoms with van der Waals surface area (Å²) in [6.07, 6.45) is 3.25. The number of rotatable bonds is 7. The largest absolute Gasteiger partial charge is 0.493 e. The predicted octanol–water partition coefficient (Wildman–Crippen LogP) is 2.98. The van der Waals surface area contributed by atoms with Gasteiger partial charge in [-0.3, -0.25) is 9.36 Å². The lowest BCUT2D eigenvalue weighted by molar-refractivity contribution is -0.138. The summed E-state index contributed by atoms with van der Waals surface area (Å²) >= 11 is 1.25. The van der Waals surface area contributed by atoms with Gasteiger partial charge >= 0.3 is 5.97 Å². The van der Waals surface area contributed by atoms with Gasteiger partial charge in [0.05, 0.1) is 36.1 Å². The van der Waals surface area contributed by atoms with Gasteiger partial charge < -0.3 is 14.2 Å². The van der Waals surface area contributed by atoms with E-state index >= 15 is 0 Å². The molecule has 1 aromatic heterocycles. The maximum Gasteiger partial charge on any atom is 0.338 e. The number of aromatic nitrogens is 1. The summed E-state index contributed by atoms with van der Waals surface area (Å²) in [5.74, 6) is 0.563. The zero-order valence-corrected chi connectivity index (χ0v) is 19.9.